The summed E-state index contributed by atoms with van der Waals surface area (Å²) in [5.41, 5.74) is 1.28. The average Bonchev–Trinajstić information content (AvgIpc) is 2.40. The third-order valence-corrected chi connectivity index (χ3v) is 7.27. The number of rotatable bonds is 4. The molecule has 0 aromatic heterocycles. The topological polar surface area (TPSA) is 0 Å². The molecule has 0 amide bonds. The van der Waals surface area contributed by atoms with Gasteiger partial charge in [-0.2, -0.15) is 0 Å². The summed E-state index contributed by atoms with van der Waals surface area (Å²) in [5, 5.41) is 1.51. The van der Waals surface area contributed by atoms with Crippen molar-refractivity contribution in [1.82, 2.24) is 0 Å². The van der Waals surface area contributed by atoms with Crippen molar-refractivity contribution < 1.29 is 0 Å². The summed E-state index contributed by atoms with van der Waals surface area (Å²) in [5.74, 6) is 0. The van der Waals surface area contributed by atoms with Crippen molar-refractivity contribution in [3.8, 4) is 0 Å². The van der Waals surface area contributed by atoms with E-state index in [1.165, 1.54) is 10.9 Å². The van der Waals surface area contributed by atoms with Gasteiger partial charge >= 0.3 is 116 Å². The van der Waals surface area contributed by atoms with Gasteiger partial charge in [-0.15, -0.1) is 0 Å². The van der Waals surface area contributed by atoms with Crippen LogP contribution in [0.3, 0.4) is 0 Å². The van der Waals surface area contributed by atoms with E-state index in [1.54, 1.807) is 0 Å². The standard InChI is InChI=1S/C18H23P/c1-19(2,3,18-14-8-5-9-15-18)16-10-13-17-11-6-4-7-12-17/h4-15H,16H2,1-3H3. The molecule has 0 N–H and O–H groups in total. The quantitative estimate of drug-likeness (QED) is 0.719. The van der Waals surface area contributed by atoms with E-state index in [9.17, 15) is 0 Å². The first kappa shape index (κ1) is 14.0. The van der Waals surface area contributed by atoms with Gasteiger partial charge in [-0.3, -0.25) is 0 Å². The fraction of sp³-hybridized carbons (Fsp3) is 0.222. The summed E-state index contributed by atoms with van der Waals surface area (Å²) in [6.45, 7) is 5.53. The van der Waals surface area contributed by atoms with Gasteiger partial charge in [-0.05, 0) is 0 Å². The second-order valence-electron chi connectivity index (χ2n) is 6.45. The molecule has 0 spiro atoms. The molecule has 0 bridgehead atoms. The van der Waals surface area contributed by atoms with E-state index in [1.807, 2.05) is 0 Å². The van der Waals surface area contributed by atoms with Crippen molar-refractivity contribution in [2.45, 2.75) is 0 Å². The SMILES string of the molecule is CP(C)(C)(CC=Cc1ccccc1)c1ccccc1. The van der Waals surface area contributed by atoms with Gasteiger partial charge in [0.2, 0.25) is 0 Å². The predicted octanol–water partition coefficient (Wildman–Crippen LogP) is 4.47. The Morgan fingerprint density at radius 1 is 0.789 bits per heavy atom. The number of allylic oxidation sites excluding steroid dienone is 1. The summed E-state index contributed by atoms with van der Waals surface area (Å²) in [6.07, 6.45) is 5.71. The van der Waals surface area contributed by atoms with Crippen LogP contribution < -0.4 is 5.30 Å². The first-order chi connectivity index (χ1) is 8.96. The Balaban J connectivity index is 2.15. The van der Waals surface area contributed by atoms with Crippen LogP contribution in [0.2, 0.25) is 0 Å². The minimum absolute atomic E-state index is 1.14. The molecular formula is C18H23P. The molecule has 0 heterocycles. The van der Waals surface area contributed by atoms with E-state index >= 15 is 0 Å². The van der Waals surface area contributed by atoms with Crippen molar-refractivity contribution in [3.63, 3.8) is 0 Å². The van der Waals surface area contributed by atoms with Crippen LogP contribution in [0.4, 0.5) is 0 Å². The van der Waals surface area contributed by atoms with Crippen LogP contribution in [-0.2, 0) is 0 Å². The van der Waals surface area contributed by atoms with Crippen LogP contribution in [0.1, 0.15) is 5.56 Å². The number of hydrogen-bond acceptors (Lipinski definition) is 0. The van der Waals surface area contributed by atoms with E-state index in [-0.39, 0.29) is 0 Å². The van der Waals surface area contributed by atoms with Crippen LogP contribution in [0.15, 0.2) is 66.7 Å². The van der Waals surface area contributed by atoms with E-state index in [4.69, 9.17) is 0 Å². The second-order valence-corrected chi connectivity index (χ2v) is 13.6. The van der Waals surface area contributed by atoms with E-state index in [2.05, 4.69) is 92.8 Å². The van der Waals surface area contributed by atoms with Crippen molar-refractivity contribution in [3.05, 3.63) is 72.3 Å². The maximum atomic E-state index is 2.44. The molecule has 0 saturated carbocycles. The van der Waals surface area contributed by atoms with Crippen molar-refractivity contribution >= 4 is 18.0 Å². The maximum absolute atomic E-state index is 2.44. The van der Waals surface area contributed by atoms with Crippen LogP contribution in [0.25, 0.3) is 6.08 Å². The van der Waals surface area contributed by atoms with E-state index in [0.717, 1.165) is 6.16 Å². The predicted molar refractivity (Wildman–Crippen MR) is 91.1 cm³/mol. The summed E-state index contributed by atoms with van der Waals surface area (Å²) >= 11 is 0. The molecule has 0 aliphatic heterocycles. The molecule has 1 heteroatoms. The second kappa shape index (κ2) is 5.31. The first-order valence-corrected chi connectivity index (χ1v) is 10.5. The molecule has 19 heavy (non-hydrogen) atoms. The normalized spacial score (nSPS) is 14.2. The van der Waals surface area contributed by atoms with Crippen LogP contribution in [0, 0.1) is 0 Å². The molecule has 0 aliphatic carbocycles. The first-order valence-electron chi connectivity index (χ1n) is 6.73. The van der Waals surface area contributed by atoms with E-state index in [0.29, 0.717) is 0 Å². The van der Waals surface area contributed by atoms with Crippen molar-refractivity contribution in [2.75, 3.05) is 26.2 Å². The average molecular weight is 270 g/mol. The molecule has 100 valence electrons. The monoisotopic (exact) mass is 270 g/mol. The number of hydrogen-bond donors (Lipinski definition) is 0. The zero-order chi connectivity index (χ0) is 13.8. The zero-order valence-electron chi connectivity index (χ0n) is 12.1. The Kier molecular flexibility index (Phi) is 3.92. The molecule has 0 fully saturated rings. The Hall–Kier alpha value is -1.39. The minimum atomic E-state index is -1.79. The molecule has 0 atom stereocenters. The van der Waals surface area contributed by atoms with Crippen LogP contribution >= 0.6 is 6.60 Å². The van der Waals surface area contributed by atoms with Gasteiger partial charge in [0.25, 0.3) is 0 Å². The summed E-state index contributed by atoms with van der Waals surface area (Å²) in [4.78, 5) is 0. The summed E-state index contributed by atoms with van der Waals surface area (Å²) in [7, 11) is 0. The van der Waals surface area contributed by atoms with Crippen LogP contribution in [0.5, 0.6) is 0 Å². The third kappa shape index (κ3) is 3.78. The van der Waals surface area contributed by atoms with Gasteiger partial charge in [0.1, 0.15) is 0 Å². The Morgan fingerprint density at radius 3 is 1.89 bits per heavy atom. The van der Waals surface area contributed by atoms with Gasteiger partial charge in [0, 0.05) is 0 Å². The van der Waals surface area contributed by atoms with Gasteiger partial charge in [0.05, 0.1) is 0 Å². The number of benzene rings is 2. The molecule has 0 saturated heterocycles. The van der Waals surface area contributed by atoms with Crippen molar-refractivity contribution in [1.29, 1.82) is 0 Å². The molecule has 2 aromatic carbocycles. The summed E-state index contributed by atoms with van der Waals surface area (Å²) < 4.78 is 0. The molecule has 2 rings (SSSR count). The van der Waals surface area contributed by atoms with Gasteiger partial charge in [-0.25, -0.2) is 0 Å². The molecule has 0 aliphatic rings. The molecule has 0 unspecified atom stereocenters. The van der Waals surface area contributed by atoms with Gasteiger partial charge in [-0.1, -0.05) is 0 Å². The fourth-order valence-corrected chi connectivity index (χ4v) is 4.54. The molecular weight excluding hydrogens is 247 g/mol. The third-order valence-electron chi connectivity index (χ3n) is 3.57. The molecule has 2 aromatic rings. The van der Waals surface area contributed by atoms with Crippen LogP contribution in [-0.4, -0.2) is 26.2 Å². The Labute approximate surface area is 117 Å². The zero-order valence-corrected chi connectivity index (χ0v) is 13.0. The molecule has 0 nitrogen and oxygen atoms in total. The molecule has 0 radical (unpaired) electrons. The Bertz CT molecular complexity index is 544. The Morgan fingerprint density at radius 2 is 1.32 bits per heavy atom. The van der Waals surface area contributed by atoms with Gasteiger partial charge < -0.3 is 0 Å². The van der Waals surface area contributed by atoms with Gasteiger partial charge in [0.15, 0.2) is 0 Å². The van der Waals surface area contributed by atoms with E-state index < -0.39 is 6.60 Å². The fourth-order valence-electron chi connectivity index (χ4n) is 2.21. The van der Waals surface area contributed by atoms with Crippen molar-refractivity contribution in [2.24, 2.45) is 0 Å². The summed E-state index contributed by atoms with van der Waals surface area (Å²) in [6, 6.07) is 21.5.